The second-order valence-electron chi connectivity index (χ2n) is 4.08. The van der Waals surface area contributed by atoms with Crippen LogP contribution in [0.15, 0.2) is 16.6 Å². The molecule has 0 radical (unpaired) electrons. The first kappa shape index (κ1) is 13.5. The number of likely N-dealkylation sites (N-methyl/N-ethyl adjacent to an activating group) is 1. The molecule has 0 bridgehead atoms. The smallest absolute Gasteiger partial charge is 0.120 e. The van der Waals surface area contributed by atoms with Crippen LogP contribution in [0.4, 0.5) is 0 Å². The van der Waals surface area contributed by atoms with Gasteiger partial charge in [0.05, 0.1) is 0 Å². The molecule has 1 aromatic rings. The summed E-state index contributed by atoms with van der Waals surface area (Å²) in [6, 6.07) is 4.16. The Hall–Kier alpha value is -0.540. The standard InChI is InChI=1S/C13H20BrNO/c1-5-11(8-15-4)16-12-6-9(2)13(14)10(3)7-12/h6-7,11,15H,5,8H2,1-4H3/t11-/m1/s1. The molecular weight excluding hydrogens is 266 g/mol. The van der Waals surface area contributed by atoms with Crippen LogP contribution < -0.4 is 10.1 Å². The van der Waals surface area contributed by atoms with Crippen molar-refractivity contribution in [3.8, 4) is 5.75 Å². The molecule has 1 N–H and O–H groups in total. The molecule has 0 spiro atoms. The van der Waals surface area contributed by atoms with Gasteiger partial charge < -0.3 is 10.1 Å². The SMILES string of the molecule is CC[C@H](CNC)Oc1cc(C)c(Br)c(C)c1. The van der Waals surface area contributed by atoms with Gasteiger partial charge in [0.25, 0.3) is 0 Å². The number of hydrogen-bond donors (Lipinski definition) is 1. The second kappa shape index (κ2) is 6.26. The van der Waals surface area contributed by atoms with Crippen LogP contribution in [0, 0.1) is 13.8 Å². The third-order valence-corrected chi connectivity index (χ3v) is 3.85. The summed E-state index contributed by atoms with van der Waals surface area (Å²) >= 11 is 3.56. The van der Waals surface area contributed by atoms with E-state index in [1.807, 2.05) is 7.05 Å². The van der Waals surface area contributed by atoms with E-state index in [4.69, 9.17) is 4.74 Å². The van der Waals surface area contributed by atoms with Gasteiger partial charge in [0.2, 0.25) is 0 Å². The van der Waals surface area contributed by atoms with Crippen molar-refractivity contribution in [2.24, 2.45) is 0 Å². The molecule has 2 nitrogen and oxygen atoms in total. The highest BCUT2D eigenvalue weighted by molar-refractivity contribution is 9.10. The Morgan fingerprint density at radius 3 is 2.31 bits per heavy atom. The summed E-state index contributed by atoms with van der Waals surface area (Å²) in [4.78, 5) is 0. The van der Waals surface area contributed by atoms with E-state index >= 15 is 0 Å². The molecule has 0 aliphatic carbocycles. The van der Waals surface area contributed by atoms with Gasteiger partial charge in [-0.3, -0.25) is 0 Å². The Morgan fingerprint density at radius 1 is 1.31 bits per heavy atom. The van der Waals surface area contributed by atoms with E-state index in [2.05, 4.69) is 54.2 Å². The fraction of sp³-hybridized carbons (Fsp3) is 0.538. The largest absolute Gasteiger partial charge is 0.489 e. The molecule has 0 fully saturated rings. The Kier molecular flexibility index (Phi) is 5.29. The molecule has 0 saturated heterocycles. The van der Waals surface area contributed by atoms with E-state index in [-0.39, 0.29) is 6.10 Å². The average Bonchev–Trinajstić information content (AvgIpc) is 2.25. The van der Waals surface area contributed by atoms with Crippen LogP contribution >= 0.6 is 15.9 Å². The third kappa shape index (κ3) is 3.49. The lowest BCUT2D eigenvalue weighted by Gasteiger charge is -2.18. The molecule has 3 heteroatoms. The summed E-state index contributed by atoms with van der Waals surface area (Å²) in [5, 5.41) is 3.15. The van der Waals surface area contributed by atoms with Gasteiger partial charge in [-0.1, -0.05) is 22.9 Å². The molecule has 1 atom stereocenters. The number of benzene rings is 1. The molecule has 90 valence electrons. The molecule has 0 saturated carbocycles. The predicted octanol–water partition coefficient (Wildman–Crippen LogP) is 3.44. The normalized spacial score (nSPS) is 12.6. The van der Waals surface area contributed by atoms with Gasteiger partial charge in [-0.2, -0.15) is 0 Å². The van der Waals surface area contributed by atoms with Crippen LogP contribution in [0.3, 0.4) is 0 Å². The monoisotopic (exact) mass is 285 g/mol. The average molecular weight is 286 g/mol. The van der Waals surface area contributed by atoms with E-state index in [9.17, 15) is 0 Å². The molecule has 1 aromatic carbocycles. The maximum atomic E-state index is 5.94. The molecule has 0 unspecified atom stereocenters. The van der Waals surface area contributed by atoms with Gasteiger partial charge >= 0.3 is 0 Å². The van der Waals surface area contributed by atoms with E-state index in [1.165, 1.54) is 15.6 Å². The lowest BCUT2D eigenvalue weighted by Crippen LogP contribution is -2.28. The van der Waals surface area contributed by atoms with E-state index in [0.717, 1.165) is 18.7 Å². The van der Waals surface area contributed by atoms with Crippen LogP contribution in [0.25, 0.3) is 0 Å². The van der Waals surface area contributed by atoms with Crippen LogP contribution in [-0.2, 0) is 0 Å². The molecule has 0 amide bonds. The van der Waals surface area contributed by atoms with Crippen LogP contribution in [-0.4, -0.2) is 19.7 Å². The number of nitrogens with one attached hydrogen (secondary N) is 1. The molecule has 0 heterocycles. The molecule has 1 rings (SSSR count). The number of ether oxygens (including phenoxy) is 1. The van der Waals surface area contributed by atoms with Crippen molar-refractivity contribution in [3.63, 3.8) is 0 Å². The van der Waals surface area contributed by atoms with Gasteiger partial charge in [-0.15, -0.1) is 0 Å². The Labute approximate surface area is 107 Å². The molecule has 0 aliphatic rings. The van der Waals surface area contributed by atoms with Crippen LogP contribution in [0.1, 0.15) is 24.5 Å². The van der Waals surface area contributed by atoms with E-state index in [1.54, 1.807) is 0 Å². The van der Waals surface area contributed by atoms with Gasteiger partial charge in [0.15, 0.2) is 0 Å². The highest BCUT2D eigenvalue weighted by atomic mass is 79.9. The van der Waals surface area contributed by atoms with Crippen molar-refractivity contribution in [1.29, 1.82) is 0 Å². The first-order valence-corrected chi connectivity index (χ1v) is 6.45. The molecule has 0 aliphatic heterocycles. The van der Waals surface area contributed by atoms with Gasteiger partial charge in [0, 0.05) is 11.0 Å². The molecule has 16 heavy (non-hydrogen) atoms. The van der Waals surface area contributed by atoms with Crippen molar-refractivity contribution >= 4 is 15.9 Å². The summed E-state index contributed by atoms with van der Waals surface area (Å²) in [6.07, 6.45) is 1.25. The molecule has 0 aromatic heterocycles. The van der Waals surface area contributed by atoms with Gasteiger partial charge in [-0.05, 0) is 50.6 Å². The summed E-state index contributed by atoms with van der Waals surface area (Å²) in [5.41, 5.74) is 2.43. The minimum atomic E-state index is 0.241. The highest BCUT2D eigenvalue weighted by Gasteiger charge is 2.09. The van der Waals surface area contributed by atoms with E-state index < -0.39 is 0 Å². The number of halogens is 1. The van der Waals surface area contributed by atoms with Gasteiger partial charge in [-0.25, -0.2) is 0 Å². The van der Waals surface area contributed by atoms with Crippen molar-refractivity contribution in [1.82, 2.24) is 5.32 Å². The van der Waals surface area contributed by atoms with Crippen LogP contribution in [0.2, 0.25) is 0 Å². The number of rotatable bonds is 5. The maximum Gasteiger partial charge on any atom is 0.120 e. The zero-order valence-corrected chi connectivity index (χ0v) is 12.0. The summed E-state index contributed by atoms with van der Waals surface area (Å²) in [5.74, 6) is 0.959. The summed E-state index contributed by atoms with van der Waals surface area (Å²) in [7, 11) is 1.95. The van der Waals surface area contributed by atoms with Crippen molar-refractivity contribution < 1.29 is 4.74 Å². The highest BCUT2D eigenvalue weighted by Crippen LogP contribution is 2.27. The molecular formula is C13H20BrNO. The first-order valence-electron chi connectivity index (χ1n) is 5.66. The Bertz CT molecular complexity index is 329. The fourth-order valence-electron chi connectivity index (χ4n) is 1.66. The van der Waals surface area contributed by atoms with Crippen molar-refractivity contribution in [3.05, 3.63) is 27.7 Å². The quantitative estimate of drug-likeness (QED) is 0.895. The maximum absolute atomic E-state index is 5.94. The second-order valence-corrected chi connectivity index (χ2v) is 4.87. The van der Waals surface area contributed by atoms with Gasteiger partial charge in [0.1, 0.15) is 11.9 Å². The minimum Gasteiger partial charge on any atom is -0.489 e. The summed E-state index contributed by atoms with van der Waals surface area (Å²) in [6.45, 7) is 7.19. The topological polar surface area (TPSA) is 21.3 Å². The fourth-order valence-corrected chi connectivity index (χ4v) is 1.89. The van der Waals surface area contributed by atoms with Crippen molar-refractivity contribution in [2.75, 3.05) is 13.6 Å². The van der Waals surface area contributed by atoms with E-state index in [0.29, 0.717) is 0 Å². The first-order chi connectivity index (χ1) is 7.58. The number of hydrogen-bond acceptors (Lipinski definition) is 2. The Balaban J connectivity index is 2.80. The third-order valence-electron chi connectivity index (χ3n) is 2.60. The van der Waals surface area contributed by atoms with Crippen molar-refractivity contribution in [2.45, 2.75) is 33.3 Å². The zero-order valence-electron chi connectivity index (χ0n) is 10.4. The Morgan fingerprint density at radius 2 is 1.88 bits per heavy atom. The lowest BCUT2D eigenvalue weighted by atomic mass is 10.1. The predicted molar refractivity (Wildman–Crippen MR) is 72.2 cm³/mol. The zero-order chi connectivity index (χ0) is 12.1. The lowest BCUT2D eigenvalue weighted by molar-refractivity contribution is 0.196. The summed E-state index contributed by atoms with van der Waals surface area (Å²) < 4.78 is 7.11. The number of aryl methyl sites for hydroxylation is 2. The van der Waals surface area contributed by atoms with Crippen LogP contribution in [0.5, 0.6) is 5.75 Å². The minimum absolute atomic E-state index is 0.241.